The van der Waals surface area contributed by atoms with Gasteiger partial charge < -0.3 is 15.5 Å². The Morgan fingerprint density at radius 3 is 2.62 bits per heavy atom. The van der Waals surface area contributed by atoms with Crippen LogP contribution in [0.3, 0.4) is 0 Å². The van der Waals surface area contributed by atoms with Crippen LogP contribution in [0.1, 0.15) is 30.1 Å². The third-order valence-electron chi connectivity index (χ3n) is 4.15. The molecule has 0 aromatic heterocycles. The Labute approximate surface area is 154 Å². The molecule has 0 spiro atoms. The number of carbonyl (C=O) groups excluding carboxylic acids is 2. The SMILES string of the molecule is CNCC1CCCN(C(=O)C(C)NC(=O)c2ccc(Cl)cc2)C1.Cl. The van der Waals surface area contributed by atoms with Gasteiger partial charge in [-0.1, -0.05) is 11.6 Å². The van der Waals surface area contributed by atoms with E-state index in [2.05, 4.69) is 10.6 Å². The van der Waals surface area contributed by atoms with Crippen LogP contribution in [0.5, 0.6) is 0 Å². The normalized spacial score (nSPS) is 18.5. The molecule has 1 fully saturated rings. The zero-order chi connectivity index (χ0) is 16.8. The summed E-state index contributed by atoms with van der Waals surface area (Å²) in [6.45, 7) is 4.16. The summed E-state index contributed by atoms with van der Waals surface area (Å²) in [5.41, 5.74) is 0.501. The lowest BCUT2D eigenvalue weighted by Gasteiger charge is -2.34. The van der Waals surface area contributed by atoms with Crippen LogP contribution in [0.25, 0.3) is 0 Å². The average molecular weight is 374 g/mol. The lowest BCUT2D eigenvalue weighted by Crippen LogP contribution is -2.50. The number of hydrogen-bond acceptors (Lipinski definition) is 3. The summed E-state index contributed by atoms with van der Waals surface area (Å²) < 4.78 is 0. The summed E-state index contributed by atoms with van der Waals surface area (Å²) >= 11 is 5.82. The molecule has 5 nitrogen and oxygen atoms in total. The Morgan fingerprint density at radius 1 is 1.33 bits per heavy atom. The lowest BCUT2D eigenvalue weighted by atomic mass is 9.97. The quantitative estimate of drug-likeness (QED) is 0.832. The van der Waals surface area contributed by atoms with E-state index in [1.54, 1.807) is 31.2 Å². The number of nitrogens with one attached hydrogen (secondary N) is 2. The van der Waals surface area contributed by atoms with Gasteiger partial charge in [-0.05, 0) is 63.5 Å². The number of halogens is 2. The molecule has 0 saturated carbocycles. The van der Waals surface area contributed by atoms with Gasteiger partial charge in [0.15, 0.2) is 0 Å². The largest absolute Gasteiger partial charge is 0.341 e. The van der Waals surface area contributed by atoms with Crippen LogP contribution in [0.2, 0.25) is 5.02 Å². The molecule has 1 aromatic carbocycles. The first-order chi connectivity index (χ1) is 11.0. The third kappa shape index (κ3) is 5.65. The number of nitrogens with zero attached hydrogens (tertiary/aromatic N) is 1. The Balaban J connectivity index is 0.00000288. The summed E-state index contributed by atoms with van der Waals surface area (Å²) in [6.07, 6.45) is 2.14. The highest BCUT2D eigenvalue weighted by atomic mass is 35.5. The molecule has 1 aliphatic heterocycles. The molecule has 1 aromatic rings. The van der Waals surface area contributed by atoms with Crippen molar-refractivity contribution in [3.8, 4) is 0 Å². The number of hydrogen-bond donors (Lipinski definition) is 2. The second-order valence-electron chi connectivity index (χ2n) is 6.05. The highest BCUT2D eigenvalue weighted by Gasteiger charge is 2.27. The zero-order valence-corrected chi connectivity index (χ0v) is 15.6. The van der Waals surface area contributed by atoms with Gasteiger partial charge in [-0.25, -0.2) is 0 Å². The fourth-order valence-electron chi connectivity index (χ4n) is 2.94. The zero-order valence-electron chi connectivity index (χ0n) is 14.0. The number of carbonyl (C=O) groups is 2. The number of piperidine rings is 1. The molecule has 2 unspecified atom stereocenters. The minimum atomic E-state index is -0.536. The summed E-state index contributed by atoms with van der Waals surface area (Å²) in [6, 6.07) is 6.09. The molecule has 0 bridgehead atoms. The van der Waals surface area contributed by atoms with Crippen LogP contribution in [0, 0.1) is 5.92 Å². The topological polar surface area (TPSA) is 61.4 Å². The highest BCUT2D eigenvalue weighted by Crippen LogP contribution is 2.16. The standard InChI is InChI=1S/C17H24ClN3O2.ClH/c1-12(20-16(22)14-5-7-15(18)8-6-14)17(23)21-9-3-4-13(11-21)10-19-2;/h5-8,12-13,19H,3-4,9-11H2,1-2H3,(H,20,22);1H. The molecule has 0 aliphatic carbocycles. The Morgan fingerprint density at radius 2 is 2.00 bits per heavy atom. The van der Waals surface area contributed by atoms with Crippen molar-refractivity contribution in [2.24, 2.45) is 5.92 Å². The first-order valence-electron chi connectivity index (χ1n) is 8.01. The number of benzene rings is 1. The van der Waals surface area contributed by atoms with Crippen molar-refractivity contribution in [2.75, 3.05) is 26.7 Å². The van der Waals surface area contributed by atoms with Crippen molar-refractivity contribution in [3.63, 3.8) is 0 Å². The molecule has 7 heteroatoms. The van der Waals surface area contributed by atoms with Crippen LogP contribution in [0.4, 0.5) is 0 Å². The Kier molecular flexibility index (Phi) is 8.53. The average Bonchev–Trinajstić information content (AvgIpc) is 2.55. The van der Waals surface area contributed by atoms with Crippen LogP contribution in [-0.2, 0) is 4.79 Å². The van der Waals surface area contributed by atoms with Crippen molar-refractivity contribution in [1.82, 2.24) is 15.5 Å². The lowest BCUT2D eigenvalue weighted by molar-refractivity contribution is -0.134. The van der Waals surface area contributed by atoms with Crippen molar-refractivity contribution < 1.29 is 9.59 Å². The molecule has 1 aliphatic rings. The highest BCUT2D eigenvalue weighted by molar-refractivity contribution is 6.30. The van der Waals surface area contributed by atoms with Gasteiger partial charge in [-0.2, -0.15) is 0 Å². The minimum absolute atomic E-state index is 0. The van der Waals surface area contributed by atoms with E-state index in [1.165, 1.54) is 0 Å². The van der Waals surface area contributed by atoms with E-state index in [0.29, 0.717) is 16.5 Å². The molecular formula is C17H25Cl2N3O2. The van der Waals surface area contributed by atoms with E-state index < -0.39 is 6.04 Å². The number of rotatable bonds is 5. The predicted molar refractivity (Wildman–Crippen MR) is 98.9 cm³/mol. The molecule has 2 atom stereocenters. The van der Waals surface area contributed by atoms with Gasteiger partial charge in [-0.3, -0.25) is 9.59 Å². The first kappa shape index (κ1) is 20.7. The molecule has 2 N–H and O–H groups in total. The summed E-state index contributed by atoms with van der Waals surface area (Å²) in [5, 5.41) is 6.51. The first-order valence-corrected chi connectivity index (χ1v) is 8.39. The van der Waals surface area contributed by atoms with Gasteiger partial charge >= 0.3 is 0 Å². The monoisotopic (exact) mass is 373 g/mol. The maximum Gasteiger partial charge on any atom is 0.251 e. The van der Waals surface area contributed by atoms with E-state index in [-0.39, 0.29) is 24.2 Å². The van der Waals surface area contributed by atoms with Crippen molar-refractivity contribution in [1.29, 1.82) is 0 Å². The van der Waals surface area contributed by atoms with Crippen LogP contribution < -0.4 is 10.6 Å². The predicted octanol–water partition coefficient (Wildman–Crippen LogP) is 2.34. The summed E-state index contributed by atoms with van der Waals surface area (Å²) in [7, 11) is 1.93. The maximum atomic E-state index is 12.5. The van der Waals surface area contributed by atoms with E-state index in [9.17, 15) is 9.59 Å². The van der Waals surface area contributed by atoms with Crippen LogP contribution in [-0.4, -0.2) is 49.4 Å². The molecule has 24 heavy (non-hydrogen) atoms. The van der Waals surface area contributed by atoms with E-state index in [4.69, 9.17) is 11.6 Å². The van der Waals surface area contributed by atoms with Gasteiger partial charge in [0.05, 0.1) is 0 Å². The fourth-order valence-corrected chi connectivity index (χ4v) is 3.06. The van der Waals surface area contributed by atoms with Gasteiger partial charge in [0.2, 0.25) is 5.91 Å². The molecule has 1 heterocycles. The van der Waals surface area contributed by atoms with E-state index >= 15 is 0 Å². The second-order valence-corrected chi connectivity index (χ2v) is 6.49. The third-order valence-corrected chi connectivity index (χ3v) is 4.40. The summed E-state index contributed by atoms with van der Waals surface area (Å²) in [4.78, 5) is 26.6. The Bertz CT molecular complexity index is 549. The summed E-state index contributed by atoms with van der Waals surface area (Å²) in [5.74, 6) is 0.205. The van der Waals surface area contributed by atoms with Gasteiger partial charge in [0, 0.05) is 23.7 Å². The molecular weight excluding hydrogens is 349 g/mol. The van der Waals surface area contributed by atoms with Crippen LogP contribution >= 0.6 is 24.0 Å². The van der Waals surface area contributed by atoms with Gasteiger partial charge in [0.25, 0.3) is 5.91 Å². The van der Waals surface area contributed by atoms with Gasteiger partial charge in [-0.15, -0.1) is 12.4 Å². The number of likely N-dealkylation sites (tertiary alicyclic amines) is 1. The van der Waals surface area contributed by atoms with Gasteiger partial charge in [0.1, 0.15) is 6.04 Å². The minimum Gasteiger partial charge on any atom is -0.341 e. The molecule has 1 saturated heterocycles. The second kappa shape index (κ2) is 9.87. The molecule has 0 radical (unpaired) electrons. The maximum absolute atomic E-state index is 12.5. The molecule has 134 valence electrons. The fraction of sp³-hybridized carbons (Fsp3) is 0.529. The molecule has 2 rings (SSSR count). The van der Waals surface area contributed by atoms with E-state index in [1.807, 2.05) is 11.9 Å². The van der Waals surface area contributed by atoms with E-state index in [0.717, 1.165) is 32.5 Å². The van der Waals surface area contributed by atoms with Crippen molar-refractivity contribution in [3.05, 3.63) is 34.9 Å². The van der Waals surface area contributed by atoms with Crippen molar-refractivity contribution >= 4 is 35.8 Å². The smallest absolute Gasteiger partial charge is 0.251 e. The Hall–Kier alpha value is -1.30. The molecule has 2 amide bonds. The number of amides is 2. The van der Waals surface area contributed by atoms with Crippen LogP contribution in [0.15, 0.2) is 24.3 Å². The van der Waals surface area contributed by atoms with Crippen molar-refractivity contribution in [2.45, 2.75) is 25.8 Å².